The maximum atomic E-state index is 11.3. The van der Waals surface area contributed by atoms with E-state index in [0.717, 1.165) is 32.5 Å². The minimum Gasteiger partial charge on any atom is -0.313 e. The summed E-state index contributed by atoms with van der Waals surface area (Å²) in [6, 6.07) is 10.9. The van der Waals surface area contributed by atoms with Crippen LogP contribution in [0.1, 0.15) is 18.4 Å². The van der Waals surface area contributed by atoms with Gasteiger partial charge in [-0.2, -0.15) is 0 Å². The first-order valence-corrected chi connectivity index (χ1v) is 9.15. The van der Waals surface area contributed by atoms with E-state index in [4.69, 9.17) is 0 Å². The van der Waals surface area contributed by atoms with Crippen molar-refractivity contribution in [2.75, 3.05) is 32.4 Å². The molecular weight excluding hydrogens is 286 g/mol. The van der Waals surface area contributed by atoms with Gasteiger partial charge in [0.05, 0.1) is 5.75 Å². The van der Waals surface area contributed by atoms with E-state index in [1.54, 1.807) is 0 Å². The van der Waals surface area contributed by atoms with Crippen molar-refractivity contribution in [1.29, 1.82) is 0 Å². The van der Waals surface area contributed by atoms with Crippen LogP contribution in [0.3, 0.4) is 0 Å². The maximum absolute atomic E-state index is 11.3. The highest BCUT2D eigenvalue weighted by atomic mass is 32.2. The minimum atomic E-state index is -3.09. The highest BCUT2D eigenvalue weighted by Crippen LogP contribution is 2.13. The molecule has 1 fully saturated rings. The van der Waals surface area contributed by atoms with Crippen molar-refractivity contribution in [3.8, 4) is 0 Å². The first-order valence-electron chi connectivity index (χ1n) is 7.50. The molecule has 0 aromatic heterocycles. The van der Waals surface area contributed by atoms with E-state index < -0.39 is 10.0 Å². The van der Waals surface area contributed by atoms with E-state index in [-0.39, 0.29) is 5.75 Å². The Morgan fingerprint density at radius 2 is 1.86 bits per heavy atom. The summed E-state index contributed by atoms with van der Waals surface area (Å²) in [5, 5.41) is 3.35. The zero-order valence-electron chi connectivity index (χ0n) is 12.6. The molecule has 1 heterocycles. The monoisotopic (exact) mass is 311 g/mol. The first-order chi connectivity index (χ1) is 10.1. The van der Waals surface area contributed by atoms with Gasteiger partial charge < -0.3 is 5.32 Å². The van der Waals surface area contributed by atoms with Gasteiger partial charge in [-0.1, -0.05) is 30.3 Å². The fourth-order valence-corrected chi connectivity index (χ4v) is 3.23. The lowest BCUT2D eigenvalue weighted by molar-refractivity contribution is 0.192. The minimum absolute atomic E-state index is 0.147. The molecule has 0 atom stereocenters. The Labute approximate surface area is 127 Å². The summed E-state index contributed by atoms with van der Waals surface area (Å²) < 4.78 is 25.0. The third-order valence-electron chi connectivity index (χ3n) is 3.95. The molecule has 5 nitrogen and oxygen atoms in total. The fraction of sp³-hybridized carbons (Fsp3) is 0.600. The zero-order chi connectivity index (χ0) is 15.1. The van der Waals surface area contributed by atoms with Crippen molar-refractivity contribution in [3.63, 3.8) is 0 Å². The molecule has 6 heteroatoms. The molecule has 0 amide bonds. The molecule has 0 radical (unpaired) electrons. The molecule has 1 aliphatic heterocycles. The van der Waals surface area contributed by atoms with E-state index in [9.17, 15) is 8.42 Å². The number of benzene rings is 1. The van der Waals surface area contributed by atoms with Crippen LogP contribution in [0.25, 0.3) is 0 Å². The molecule has 1 aliphatic rings. The topological polar surface area (TPSA) is 61.4 Å². The Morgan fingerprint density at radius 3 is 2.48 bits per heavy atom. The highest BCUT2D eigenvalue weighted by molar-refractivity contribution is 7.89. The molecule has 2 N–H and O–H groups in total. The lowest BCUT2D eigenvalue weighted by Crippen LogP contribution is -2.43. The number of hydrogen-bond donors (Lipinski definition) is 2. The molecule has 1 aromatic carbocycles. The van der Waals surface area contributed by atoms with Crippen molar-refractivity contribution < 1.29 is 8.42 Å². The second kappa shape index (κ2) is 7.89. The van der Waals surface area contributed by atoms with Gasteiger partial charge in [-0.3, -0.25) is 4.90 Å². The van der Waals surface area contributed by atoms with Gasteiger partial charge in [-0.25, -0.2) is 13.1 Å². The number of sulfonamides is 1. The first kappa shape index (κ1) is 16.4. The molecule has 0 bridgehead atoms. The largest absolute Gasteiger partial charge is 0.313 e. The van der Waals surface area contributed by atoms with Crippen molar-refractivity contribution in [3.05, 3.63) is 35.9 Å². The van der Waals surface area contributed by atoms with Gasteiger partial charge in [0, 0.05) is 19.1 Å². The van der Waals surface area contributed by atoms with Crippen LogP contribution in [0.5, 0.6) is 0 Å². The van der Waals surface area contributed by atoms with E-state index in [0.29, 0.717) is 12.6 Å². The van der Waals surface area contributed by atoms with Gasteiger partial charge in [0.1, 0.15) is 0 Å². The molecule has 1 aromatic rings. The van der Waals surface area contributed by atoms with Crippen molar-refractivity contribution in [2.45, 2.75) is 25.4 Å². The Hall–Kier alpha value is -0.950. The summed E-state index contributed by atoms with van der Waals surface area (Å²) in [6.45, 7) is 3.64. The van der Waals surface area contributed by atoms with Crippen molar-refractivity contribution in [1.82, 2.24) is 14.9 Å². The second-order valence-electron chi connectivity index (χ2n) is 5.51. The zero-order valence-corrected chi connectivity index (χ0v) is 13.4. The summed E-state index contributed by atoms with van der Waals surface area (Å²) >= 11 is 0. The SMILES string of the molecule is CNS(=O)(=O)CCNC1CCN(Cc2ccccc2)CC1. The summed E-state index contributed by atoms with van der Waals surface area (Å²) in [5.74, 6) is 0.147. The molecular formula is C15H25N3O2S. The number of hydrogen-bond acceptors (Lipinski definition) is 4. The van der Waals surface area contributed by atoms with Crippen LogP contribution in [-0.2, 0) is 16.6 Å². The predicted octanol–water partition coefficient (Wildman–Crippen LogP) is 0.790. The summed E-state index contributed by atoms with van der Waals surface area (Å²) in [7, 11) is -1.64. The van der Waals surface area contributed by atoms with Gasteiger partial charge in [-0.15, -0.1) is 0 Å². The quantitative estimate of drug-likeness (QED) is 0.781. The van der Waals surface area contributed by atoms with Crippen LogP contribution in [0, 0.1) is 0 Å². The Kier molecular flexibility index (Phi) is 6.17. The van der Waals surface area contributed by atoms with Crippen LogP contribution in [0.15, 0.2) is 30.3 Å². The van der Waals surface area contributed by atoms with Crippen LogP contribution in [0.4, 0.5) is 0 Å². The lowest BCUT2D eigenvalue weighted by Gasteiger charge is -2.32. The normalized spacial score (nSPS) is 18.0. The smallest absolute Gasteiger partial charge is 0.212 e. The second-order valence-corrected chi connectivity index (χ2v) is 7.56. The molecule has 118 valence electrons. The lowest BCUT2D eigenvalue weighted by atomic mass is 10.0. The third kappa shape index (κ3) is 5.74. The van der Waals surface area contributed by atoms with Crippen molar-refractivity contribution >= 4 is 10.0 Å². The fourth-order valence-electron chi connectivity index (χ4n) is 2.64. The Bertz CT molecular complexity index is 511. The van der Waals surface area contributed by atoms with Gasteiger partial charge >= 0.3 is 0 Å². The summed E-state index contributed by atoms with van der Waals surface area (Å²) in [6.07, 6.45) is 2.15. The maximum Gasteiger partial charge on any atom is 0.212 e. The standard InChI is InChI=1S/C15H25N3O2S/c1-16-21(19,20)12-9-17-15-7-10-18(11-8-15)13-14-5-3-2-4-6-14/h2-6,15-17H,7-13H2,1H3. The molecule has 0 saturated carbocycles. The van der Waals surface area contributed by atoms with E-state index in [1.165, 1.54) is 12.6 Å². The Morgan fingerprint density at radius 1 is 1.19 bits per heavy atom. The highest BCUT2D eigenvalue weighted by Gasteiger charge is 2.19. The van der Waals surface area contributed by atoms with Crippen LogP contribution in [-0.4, -0.2) is 51.8 Å². The number of nitrogens with zero attached hydrogens (tertiary/aromatic N) is 1. The van der Waals surface area contributed by atoms with E-state index in [2.05, 4.69) is 39.2 Å². The molecule has 0 spiro atoms. The van der Waals surface area contributed by atoms with Gasteiger partial charge in [0.25, 0.3) is 0 Å². The third-order valence-corrected chi connectivity index (χ3v) is 5.31. The molecule has 2 rings (SSSR count). The van der Waals surface area contributed by atoms with Gasteiger partial charge in [-0.05, 0) is 38.5 Å². The number of likely N-dealkylation sites (tertiary alicyclic amines) is 1. The van der Waals surface area contributed by atoms with Crippen LogP contribution in [0.2, 0.25) is 0 Å². The van der Waals surface area contributed by atoms with Gasteiger partial charge in [0.2, 0.25) is 10.0 Å². The average molecular weight is 311 g/mol. The Balaban J connectivity index is 1.67. The average Bonchev–Trinajstić information content (AvgIpc) is 2.50. The van der Waals surface area contributed by atoms with E-state index in [1.807, 2.05) is 6.07 Å². The molecule has 1 saturated heterocycles. The molecule has 21 heavy (non-hydrogen) atoms. The predicted molar refractivity (Wildman–Crippen MR) is 85.6 cm³/mol. The van der Waals surface area contributed by atoms with Gasteiger partial charge in [0.15, 0.2) is 0 Å². The van der Waals surface area contributed by atoms with E-state index >= 15 is 0 Å². The number of rotatable bonds is 7. The number of piperidine rings is 1. The van der Waals surface area contributed by atoms with Crippen LogP contribution >= 0.6 is 0 Å². The van der Waals surface area contributed by atoms with Crippen LogP contribution < -0.4 is 10.0 Å². The molecule has 0 unspecified atom stereocenters. The molecule has 0 aliphatic carbocycles. The summed E-state index contributed by atoms with van der Waals surface area (Å²) in [5.41, 5.74) is 1.35. The van der Waals surface area contributed by atoms with Crippen molar-refractivity contribution in [2.24, 2.45) is 0 Å². The number of nitrogens with one attached hydrogen (secondary N) is 2. The summed E-state index contributed by atoms with van der Waals surface area (Å²) in [4.78, 5) is 2.46.